The molecule has 8 heteroatoms. The van der Waals surface area contributed by atoms with Gasteiger partial charge in [0, 0.05) is 30.5 Å². The highest BCUT2D eigenvalue weighted by Gasteiger charge is 2.30. The van der Waals surface area contributed by atoms with Gasteiger partial charge in [-0.25, -0.2) is 9.67 Å². The summed E-state index contributed by atoms with van der Waals surface area (Å²) in [6.45, 7) is 7.56. The van der Waals surface area contributed by atoms with Crippen LogP contribution in [-0.4, -0.2) is 26.9 Å². The Balaban J connectivity index is 1.91. The van der Waals surface area contributed by atoms with E-state index in [1.54, 1.807) is 12.4 Å². The van der Waals surface area contributed by atoms with Gasteiger partial charge in [0.15, 0.2) is 5.13 Å². The van der Waals surface area contributed by atoms with E-state index in [-0.39, 0.29) is 5.91 Å². The van der Waals surface area contributed by atoms with Crippen LogP contribution in [-0.2, 0) is 17.6 Å². The molecule has 0 saturated carbocycles. The van der Waals surface area contributed by atoms with Crippen molar-refractivity contribution in [2.24, 2.45) is 4.99 Å². The first-order valence-electron chi connectivity index (χ1n) is 9.47. The van der Waals surface area contributed by atoms with Crippen molar-refractivity contribution in [2.45, 2.75) is 26.7 Å². The number of para-hydroxylation sites is 1. The zero-order valence-electron chi connectivity index (χ0n) is 16.6. The molecule has 1 aliphatic carbocycles. The van der Waals surface area contributed by atoms with Gasteiger partial charge in [0.05, 0.1) is 32.7 Å². The summed E-state index contributed by atoms with van der Waals surface area (Å²) in [6, 6.07) is 7.58. The van der Waals surface area contributed by atoms with Crippen molar-refractivity contribution < 1.29 is 4.79 Å². The third kappa shape index (κ3) is 3.74. The fourth-order valence-corrected chi connectivity index (χ4v) is 4.74. The number of aromatic nitrogens is 3. The van der Waals surface area contributed by atoms with Crippen molar-refractivity contribution in [1.82, 2.24) is 14.8 Å². The summed E-state index contributed by atoms with van der Waals surface area (Å²) in [5, 5.41) is 8.86. The molecule has 0 fully saturated rings. The quantitative estimate of drug-likeness (QED) is 0.549. The number of nitrogens with one attached hydrogen (secondary N) is 1. The van der Waals surface area contributed by atoms with E-state index >= 15 is 0 Å². The molecule has 3 aromatic rings. The van der Waals surface area contributed by atoms with Crippen molar-refractivity contribution in [3.05, 3.63) is 65.1 Å². The number of benzene rings is 1. The Bertz CT molecular complexity index is 1200. The lowest BCUT2D eigenvalue weighted by Gasteiger charge is -2.14. The second-order valence-corrected chi connectivity index (χ2v) is 8.21. The fraction of sp³-hybridized carbons (Fsp3) is 0.182. The predicted molar refractivity (Wildman–Crippen MR) is 124 cm³/mol. The van der Waals surface area contributed by atoms with Crippen LogP contribution in [0.25, 0.3) is 21.8 Å². The summed E-state index contributed by atoms with van der Waals surface area (Å²) in [6.07, 6.45) is 6.81. The van der Waals surface area contributed by atoms with Gasteiger partial charge < -0.3 is 5.32 Å². The van der Waals surface area contributed by atoms with E-state index in [1.165, 1.54) is 18.3 Å². The Morgan fingerprint density at radius 3 is 2.90 bits per heavy atom. The molecule has 0 radical (unpaired) electrons. The minimum absolute atomic E-state index is 0.143. The van der Waals surface area contributed by atoms with Crippen LogP contribution < -0.4 is 5.32 Å². The SMILES string of the molecule is C=C(C=N/C=C\C)c1nn(-c2ccccc2Cl)c2c1CCc1nc(NC(C)=O)sc1-2. The van der Waals surface area contributed by atoms with Crippen LogP contribution in [0.3, 0.4) is 0 Å². The maximum Gasteiger partial charge on any atom is 0.223 e. The average Bonchev–Trinajstić information content (AvgIpc) is 3.28. The smallest absolute Gasteiger partial charge is 0.223 e. The summed E-state index contributed by atoms with van der Waals surface area (Å²) in [7, 11) is 0. The number of nitrogens with zero attached hydrogens (tertiary/aromatic N) is 4. The van der Waals surface area contributed by atoms with E-state index in [1.807, 2.05) is 41.9 Å². The van der Waals surface area contributed by atoms with Gasteiger partial charge in [0.1, 0.15) is 0 Å². The number of halogens is 1. The number of allylic oxidation sites excluding steroid dienone is 2. The maximum atomic E-state index is 11.5. The van der Waals surface area contributed by atoms with E-state index in [2.05, 4.69) is 21.9 Å². The topological polar surface area (TPSA) is 72.2 Å². The molecule has 2 aromatic heterocycles. The molecule has 2 heterocycles. The summed E-state index contributed by atoms with van der Waals surface area (Å²) in [5.74, 6) is -0.143. The highest BCUT2D eigenvalue weighted by Crippen LogP contribution is 2.43. The molecular weight excluding hydrogens is 418 g/mol. The molecule has 0 spiro atoms. The zero-order chi connectivity index (χ0) is 21.3. The number of anilines is 1. The number of fused-ring (bicyclic) bond motifs is 3. The molecule has 0 unspecified atom stereocenters. The lowest BCUT2D eigenvalue weighted by molar-refractivity contribution is -0.114. The first kappa shape index (κ1) is 20.3. The zero-order valence-corrected chi connectivity index (χ0v) is 18.2. The molecule has 4 rings (SSSR count). The van der Waals surface area contributed by atoms with Crippen molar-refractivity contribution in [1.29, 1.82) is 0 Å². The third-order valence-corrected chi connectivity index (χ3v) is 5.98. The molecule has 1 aliphatic rings. The molecule has 0 aliphatic heterocycles. The van der Waals surface area contributed by atoms with Crippen LogP contribution in [0.5, 0.6) is 0 Å². The van der Waals surface area contributed by atoms with E-state index in [9.17, 15) is 4.79 Å². The molecule has 1 N–H and O–H groups in total. The van der Waals surface area contributed by atoms with Crippen molar-refractivity contribution in [2.75, 3.05) is 5.32 Å². The molecular formula is C22H20ClN5OS. The number of aryl methyl sites for hydroxylation is 1. The Kier molecular flexibility index (Phi) is 5.65. The molecule has 1 amide bonds. The minimum atomic E-state index is -0.143. The Morgan fingerprint density at radius 2 is 2.17 bits per heavy atom. The first-order valence-corrected chi connectivity index (χ1v) is 10.7. The summed E-state index contributed by atoms with van der Waals surface area (Å²) >= 11 is 7.95. The number of hydrogen-bond donors (Lipinski definition) is 1. The highest BCUT2D eigenvalue weighted by molar-refractivity contribution is 7.19. The average molecular weight is 438 g/mol. The molecule has 30 heavy (non-hydrogen) atoms. The molecule has 0 atom stereocenters. The molecule has 0 bridgehead atoms. The monoisotopic (exact) mass is 437 g/mol. The van der Waals surface area contributed by atoms with E-state index in [0.29, 0.717) is 10.2 Å². The van der Waals surface area contributed by atoms with Gasteiger partial charge >= 0.3 is 0 Å². The minimum Gasteiger partial charge on any atom is -0.302 e. The summed E-state index contributed by atoms with van der Waals surface area (Å²) < 4.78 is 1.86. The fourth-order valence-electron chi connectivity index (χ4n) is 3.41. The number of carbonyl (C=O) groups is 1. The van der Waals surface area contributed by atoms with E-state index in [0.717, 1.165) is 51.6 Å². The van der Waals surface area contributed by atoms with E-state index in [4.69, 9.17) is 16.7 Å². The van der Waals surface area contributed by atoms with Crippen LogP contribution in [0.4, 0.5) is 5.13 Å². The number of carbonyl (C=O) groups excluding carboxylic acids is 1. The van der Waals surface area contributed by atoms with Crippen LogP contribution in [0.1, 0.15) is 30.8 Å². The van der Waals surface area contributed by atoms with Gasteiger partial charge in [0.2, 0.25) is 5.91 Å². The first-order chi connectivity index (χ1) is 14.5. The van der Waals surface area contributed by atoms with Crippen LogP contribution in [0.2, 0.25) is 5.02 Å². The number of hydrogen-bond acceptors (Lipinski definition) is 5. The second kappa shape index (κ2) is 8.38. The number of aliphatic imine (C=N–C) groups is 1. The summed E-state index contributed by atoms with van der Waals surface area (Å²) in [5.41, 5.74) is 5.27. The predicted octanol–water partition coefficient (Wildman–Crippen LogP) is 5.32. The highest BCUT2D eigenvalue weighted by atomic mass is 35.5. The number of thiazole rings is 1. The summed E-state index contributed by atoms with van der Waals surface area (Å²) in [4.78, 5) is 21.4. The Morgan fingerprint density at radius 1 is 1.37 bits per heavy atom. The normalized spacial score (nSPS) is 12.9. The Labute approximate surface area is 183 Å². The van der Waals surface area contributed by atoms with Gasteiger partial charge in [-0.2, -0.15) is 5.10 Å². The number of rotatable bonds is 5. The van der Waals surface area contributed by atoms with Crippen LogP contribution in [0.15, 0.2) is 48.1 Å². The largest absolute Gasteiger partial charge is 0.302 e. The number of amides is 1. The van der Waals surface area contributed by atoms with Gasteiger partial charge in [-0.15, -0.1) is 0 Å². The molecule has 6 nitrogen and oxygen atoms in total. The van der Waals surface area contributed by atoms with Crippen molar-refractivity contribution >= 4 is 45.8 Å². The third-order valence-electron chi connectivity index (χ3n) is 4.64. The second-order valence-electron chi connectivity index (χ2n) is 6.80. The molecule has 152 valence electrons. The van der Waals surface area contributed by atoms with Gasteiger partial charge in [-0.1, -0.05) is 47.7 Å². The maximum absolute atomic E-state index is 11.5. The van der Waals surface area contributed by atoms with Crippen LogP contribution in [0, 0.1) is 0 Å². The van der Waals surface area contributed by atoms with Crippen molar-refractivity contribution in [3.8, 4) is 16.3 Å². The lowest BCUT2D eigenvalue weighted by Crippen LogP contribution is -2.07. The van der Waals surface area contributed by atoms with Gasteiger partial charge in [0.25, 0.3) is 0 Å². The van der Waals surface area contributed by atoms with Crippen molar-refractivity contribution in [3.63, 3.8) is 0 Å². The van der Waals surface area contributed by atoms with Gasteiger partial charge in [-0.3, -0.25) is 9.79 Å². The molecule has 0 saturated heterocycles. The lowest BCUT2D eigenvalue weighted by atomic mass is 9.95. The van der Waals surface area contributed by atoms with Crippen LogP contribution >= 0.6 is 22.9 Å². The molecule has 1 aromatic carbocycles. The Hall–Kier alpha value is -3.03. The standard InChI is InChI=1S/C22H20ClN5OS/c1-4-11-24-12-13(2)19-15-9-10-17-21(30-22(26-17)25-14(3)29)20(15)28(27-19)18-8-6-5-7-16(18)23/h4-8,11-12H,2,9-10H2,1,3H3,(H,25,26,29)/b11-4-,24-12?. The van der Waals surface area contributed by atoms with E-state index < -0.39 is 0 Å². The van der Waals surface area contributed by atoms with Gasteiger partial charge in [-0.05, 0) is 31.9 Å².